The van der Waals surface area contributed by atoms with E-state index in [9.17, 15) is 19.8 Å². The van der Waals surface area contributed by atoms with E-state index >= 15 is 0 Å². The predicted octanol–water partition coefficient (Wildman–Crippen LogP) is 3.75. The Balaban J connectivity index is 1.97. The number of hydrogen-bond donors (Lipinski definition) is 2. The number of aromatic hydroxyl groups is 2. The molecule has 0 aliphatic carbocycles. The molecule has 2 amide bonds. The second-order valence-corrected chi connectivity index (χ2v) is 6.97. The van der Waals surface area contributed by atoms with Crippen LogP contribution in [-0.2, 0) is 17.9 Å². The minimum absolute atomic E-state index is 0.0345. The number of benzene rings is 2. The molecule has 2 aromatic carbocycles. The van der Waals surface area contributed by atoms with Gasteiger partial charge in [0.05, 0.1) is 10.6 Å². The van der Waals surface area contributed by atoms with E-state index in [4.69, 9.17) is 11.6 Å². The van der Waals surface area contributed by atoms with Gasteiger partial charge in [-0.2, -0.15) is 0 Å². The number of halogens is 1. The second-order valence-electron chi connectivity index (χ2n) is 6.59. The molecule has 2 aromatic rings. The Morgan fingerprint density at radius 2 is 2.00 bits per heavy atom. The summed E-state index contributed by atoms with van der Waals surface area (Å²) in [6.07, 6.45) is 1.26. The summed E-state index contributed by atoms with van der Waals surface area (Å²) in [6.45, 7) is 8.11. The van der Waals surface area contributed by atoms with Crippen LogP contribution in [0.4, 0.5) is 5.69 Å². The Labute approximate surface area is 168 Å². The molecule has 1 aliphatic heterocycles. The first kappa shape index (κ1) is 19.8. The number of carbonyl (C=O) groups excluding carboxylic acids is 2. The van der Waals surface area contributed by atoms with E-state index in [-0.39, 0.29) is 28.0 Å². The maximum atomic E-state index is 13.1. The van der Waals surface area contributed by atoms with Crippen molar-refractivity contribution in [1.29, 1.82) is 0 Å². The quantitative estimate of drug-likeness (QED) is 0.766. The number of amides is 2. The van der Waals surface area contributed by atoms with E-state index in [0.717, 1.165) is 22.9 Å². The predicted molar refractivity (Wildman–Crippen MR) is 108 cm³/mol. The minimum Gasteiger partial charge on any atom is -0.507 e. The van der Waals surface area contributed by atoms with Crippen molar-refractivity contribution in [2.75, 3.05) is 11.4 Å². The van der Waals surface area contributed by atoms with Gasteiger partial charge in [0.15, 0.2) is 0 Å². The largest absolute Gasteiger partial charge is 0.507 e. The first-order chi connectivity index (χ1) is 13.3. The fourth-order valence-corrected chi connectivity index (χ4v) is 3.69. The van der Waals surface area contributed by atoms with Crippen molar-refractivity contribution in [1.82, 2.24) is 4.90 Å². The minimum atomic E-state index is -0.392. The molecular formula is C21H21ClN2O4. The van der Waals surface area contributed by atoms with Crippen molar-refractivity contribution in [3.63, 3.8) is 0 Å². The highest BCUT2D eigenvalue weighted by Gasteiger charge is 2.31. The number of carbonyl (C=O) groups is 2. The molecule has 0 radical (unpaired) electrons. The van der Waals surface area contributed by atoms with Crippen molar-refractivity contribution >= 4 is 29.1 Å². The molecule has 7 heteroatoms. The van der Waals surface area contributed by atoms with Gasteiger partial charge in [-0.15, -0.1) is 0 Å². The van der Waals surface area contributed by atoms with Gasteiger partial charge in [0.25, 0.3) is 5.91 Å². The van der Waals surface area contributed by atoms with Crippen molar-refractivity contribution in [2.24, 2.45) is 0 Å². The van der Waals surface area contributed by atoms with Crippen LogP contribution in [0, 0.1) is 6.92 Å². The Kier molecular flexibility index (Phi) is 5.34. The summed E-state index contributed by atoms with van der Waals surface area (Å²) in [7, 11) is 0. The van der Waals surface area contributed by atoms with E-state index in [1.807, 2.05) is 25.1 Å². The molecule has 0 unspecified atom stereocenters. The molecule has 6 nitrogen and oxygen atoms in total. The van der Waals surface area contributed by atoms with Crippen LogP contribution in [0.3, 0.4) is 0 Å². The molecule has 3 rings (SSSR count). The first-order valence-electron chi connectivity index (χ1n) is 8.85. The normalized spacial score (nSPS) is 12.6. The number of anilines is 1. The topological polar surface area (TPSA) is 81.1 Å². The van der Waals surface area contributed by atoms with E-state index in [2.05, 4.69) is 6.58 Å². The molecular weight excluding hydrogens is 380 g/mol. The third kappa shape index (κ3) is 3.20. The zero-order chi connectivity index (χ0) is 20.6. The van der Waals surface area contributed by atoms with Crippen LogP contribution in [0.2, 0.25) is 5.02 Å². The standard InChI is InChI=1S/C21H21ClN2O4/c1-4-18(27)24(5-2)15-8-6-7-13-10-23(11-14(13)15)21(28)19-12(3)20(22)17(26)9-16(19)25/h4,6-9,25-26H,1,5,10-11H2,2-3H3. The van der Waals surface area contributed by atoms with Crippen molar-refractivity contribution in [3.05, 3.63) is 64.2 Å². The zero-order valence-electron chi connectivity index (χ0n) is 15.7. The summed E-state index contributed by atoms with van der Waals surface area (Å²) in [6, 6.07) is 6.67. The van der Waals surface area contributed by atoms with E-state index in [1.165, 1.54) is 6.08 Å². The van der Waals surface area contributed by atoms with Gasteiger partial charge >= 0.3 is 0 Å². The van der Waals surface area contributed by atoms with Gasteiger partial charge in [-0.25, -0.2) is 0 Å². The monoisotopic (exact) mass is 400 g/mol. The maximum absolute atomic E-state index is 13.1. The summed E-state index contributed by atoms with van der Waals surface area (Å²) in [5.41, 5.74) is 2.94. The number of hydrogen-bond acceptors (Lipinski definition) is 4. The molecule has 0 bridgehead atoms. The third-order valence-electron chi connectivity index (χ3n) is 4.97. The van der Waals surface area contributed by atoms with Crippen LogP contribution in [0.5, 0.6) is 11.5 Å². The summed E-state index contributed by atoms with van der Waals surface area (Å²) >= 11 is 6.05. The lowest BCUT2D eigenvalue weighted by Crippen LogP contribution is -2.30. The molecule has 146 valence electrons. The highest BCUT2D eigenvalue weighted by Crippen LogP contribution is 2.38. The Bertz CT molecular complexity index is 987. The second kappa shape index (κ2) is 7.56. The number of rotatable bonds is 4. The van der Waals surface area contributed by atoms with E-state index < -0.39 is 5.91 Å². The van der Waals surface area contributed by atoms with E-state index in [0.29, 0.717) is 25.2 Å². The summed E-state index contributed by atoms with van der Waals surface area (Å²) in [5, 5.41) is 20.0. The summed E-state index contributed by atoms with van der Waals surface area (Å²) < 4.78 is 0. The average Bonchev–Trinajstić information content (AvgIpc) is 3.11. The van der Waals surface area contributed by atoms with Crippen molar-refractivity contribution < 1.29 is 19.8 Å². The number of nitrogens with zero attached hydrogens (tertiary/aromatic N) is 2. The lowest BCUT2D eigenvalue weighted by atomic mass is 10.1. The van der Waals surface area contributed by atoms with Gasteiger partial charge in [-0.3, -0.25) is 9.59 Å². The highest BCUT2D eigenvalue weighted by atomic mass is 35.5. The fourth-order valence-electron chi connectivity index (χ4n) is 3.54. The van der Waals surface area contributed by atoms with Crippen LogP contribution < -0.4 is 4.90 Å². The van der Waals surface area contributed by atoms with Gasteiger partial charge in [-0.1, -0.05) is 30.3 Å². The lowest BCUT2D eigenvalue weighted by Gasteiger charge is -2.22. The Morgan fingerprint density at radius 3 is 2.64 bits per heavy atom. The molecule has 28 heavy (non-hydrogen) atoms. The summed E-state index contributed by atoms with van der Waals surface area (Å²) in [4.78, 5) is 28.5. The van der Waals surface area contributed by atoms with Gasteiger partial charge in [0.2, 0.25) is 5.91 Å². The van der Waals surface area contributed by atoms with Crippen LogP contribution in [0.25, 0.3) is 0 Å². The van der Waals surface area contributed by atoms with Crippen molar-refractivity contribution in [2.45, 2.75) is 26.9 Å². The van der Waals surface area contributed by atoms with E-state index in [1.54, 1.807) is 16.7 Å². The van der Waals surface area contributed by atoms with Crippen LogP contribution in [0.1, 0.15) is 34.0 Å². The van der Waals surface area contributed by atoms with Crippen LogP contribution >= 0.6 is 11.6 Å². The van der Waals surface area contributed by atoms with Crippen LogP contribution in [-0.4, -0.2) is 33.5 Å². The Hall–Kier alpha value is -2.99. The average molecular weight is 401 g/mol. The molecule has 0 fully saturated rings. The third-order valence-corrected chi connectivity index (χ3v) is 5.44. The molecule has 0 saturated heterocycles. The molecule has 0 saturated carbocycles. The number of fused-ring (bicyclic) bond motifs is 1. The molecule has 0 spiro atoms. The van der Waals surface area contributed by atoms with Gasteiger partial charge in [0.1, 0.15) is 11.5 Å². The molecule has 0 atom stereocenters. The molecule has 2 N–H and O–H groups in total. The summed E-state index contributed by atoms with van der Waals surface area (Å²) in [5.74, 6) is -1.20. The molecule has 0 aromatic heterocycles. The maximum Gasteiger partial charge on any atom is 0.258 e. The molecule has 1 aliphatic rings. The van der Waals surface area contributed by atoms with Gasteiger partial charge in [-0.05, 0) is 37.1 Å². The smallest absolute Gasteiger partial charge is 0.258 e. The van der Waals surface area contributed by atoms with Crippen molar-refractivity contribution in [3.8, 4) is 11.5 Å². The number of phenols is 2. The Morgan fingerprint density at radius 1 is 1.29 bits per heavy atom. The van der Waals surface area contributed by atoms with Gasteiger partial charge < -0.3 is 20.0 Å². The number of likely N-dealkylation sites (N-methyl/N-ethyl adjacent to an activating group) is 1. The highest BCUT2D eigenvalue weighted by molar-refractivity contribution is 6.33. The SMILES string of the molecule is C=CC(=O)N(CC)c1cccc2c1CN(C(=O)c1c(O)cc(O)c(Cl)c1C)C2. The fraction of sp³-hybridized carbons (Fsp3) is 0.238. The zero-order valence-corrected chi connectivity index (χ0v) is 16.5. The lowest BCUT2D eigenvalue weighted by molar-refractivity contribution is -0.114. The first-order valence-corrected chi connectivity index (χ1v) is 9.22. The van der Waals surface area contributed by atoms with Gasteiger partial charge in [0, 0.05) is 37.0 Å². The number of phenolic OH excluding ortho intramolecular Hbond substituents is 2. The molecule has 1 heterocycles. The van der Waals surface area contributed by atoms with Crippen LogP contribution in [0.15, 0.2) is 36.9 Å².